The van der Waals surface area contributed by atoms with Crippen LogP contribution in [0.5, 0.6) is 11.5 Å². The average molecular weight is 371 g/mol. The van der Waals surface area contributed by atoms with Crippen LogP contribution in [0.15, 0.2) is 42.5 Å². The van der Waals surface area contributed by atoms with Crippen LogP contribution in [0.3, 0.4) is 0 Å². The minimum Gasteiger partial charge on any atom is -0.493 e. The zero-order valence-electron chi connectivity index (χ0n) is 15.1. The van der Waals surface area contributed by atoms with E-state index in [4.69, 9.17) is 15.9 Å². The SMILES string of the molecule is C#CCOc1ccc(CCNC(=O)[C@H](O)Cc2ccc(F)cc2)cc1OC. The van der Waals surface area contributed by atoms with E-state index in [0.717, 1.165) is 5.56 Å². The Bertz CT molecular complexity index is 799. The lowest BCUT2D eigenvalue weighted by Gasteiger charge is -2.13. The van der Waals surface area contributed by atoms with Crippen LogP contribution in [-0.2, 0) is 17.6 Å². The monoisotopic (exact) mass is 371 g/mol. The molecule has 0 unspecified atom stereocenters. The number of nitrogens with one attached hydrogen (secondary N) is 1. The normalized spacial score (nSPS) is 11.3. The molecule has 2 aromatic carbocycles. The summed E-state index contributed by atoms with van der Waals surface area (Å²) in [6.07, 6.45) is 4.67. The summed E-state index contributed by atoms with van der Waals surface area (Å²) in [6.45, 7) is 0.505. The molecule has 2 rings (SSSR count). The fourth-order valence-corrected chi connectivity index (χ4v) is 2.49. The second-order valence-electron chi connectivity index (χ2n) is 5.87. The lowest BCUT2D eigenvalue weighted by Crippen LogP contribution is -2.37. The van der Waals surface area contributed by atoms with Gasteiger partial charge in [-0.15, -0.1) is 6.42 Å². The Morgan fingerprint density at radius 2 is 1.93 bits per heavy atom. The summed E-state index contributed by atoms with van der Waals surface area (Å²) in [5.74, 6) is 2.68. The van der Waals surface area contributed by atoms with Gasteiger partial charge in [-0.1, -0.05) is 24.1 Å². The van der Waals surface area contributed by atoms with Crippen LogP contribution in [-0.4, -0.2) is 37.4 Å². The maximum atomic E-state index is 12.9. The molecule has 5 nitrogen and oxygen atoms in total. The van der Waals surface area contributed by atoms with Crippen LogP contribution < -0.4 is 14.8 Å². The molecule has 2 aromatic rings. The minimum atomic E-state index is -1.19. The molecule has 0 aliphatic rings. The highest BCUT2D eigenvalue weighted by Gasteiger charge is 2.15. The number of amides is 1. The quantitative estimate of drug-likeness (QED) is 0.663. The molecule has 0 bridgehead atoms. The van der Waals surface area contributed by atoms with Crippen LogP contribution in [0.1, 0.15) is 11.1 Å². The van der Waals surface area contributed by atoms with Gasteiger partial charge < -0.3 is 19.9 Å². The number of hydrogen-bond acceptors (Lipinski definition) is 4. The number of aliphatic hydroxyl groups is 1. The third-order valence-corrected chi connectivity index (χ3v) is 3.90. The number of aliphatic hydroxyl groups excluding tert-OH is 1. The van der Waals surface area contributed by atoms with E-state index in [1.54, 1.807) is 18.2 Å². The van der Waals surface area contributed by atoms with Crippen molar-refractivity contribution in [1.29, 1.82) is 0 Å². The van der Waals surface area contributed by atoms with Gasteiger partial charge in [0.1, 0.15) is 18.5 Å². The molecular weight excluding hydrogens is 349 g/mol. The van der Waals surface area contributed by atoms with E-state index in [-0.39, 0.29) is 18.8 Å². The maximum Gasteiger partial charge on any atom is 0.249 e. The molecule has 0 radical (unpaired) electrons. The first-order chi connectivity index (χ1) is 13.0. The Morgan fingerprint density at radius 3 is 2.59 bits per heavy atom. The van der Waals surface area contributed by atoms with Gasteiger partial charge >= 0.3 is 0 Å². The number of methoxy groups -OCH3 is 1. The molecule has 142 valence electrons. The van der Waals surface area contributed by atoms with E-state index in [9.17, 15) is 14.3 Å². The van der Waals surface area contributed by atoms with Crippen molar-refractivity contribution in [3.63, 3.8) is 0 Å². The highest BCUT2D eigenvalue weighted by molar-refractivity contribution is 5.80. The Balaban J connectivity index is 1.83. The number of rotatable bonds is 9. The van der Waals surface area contributed by atoms with Gasteiger partial charge in [-0.3, -0.25) is 4.79 Å². The summed E-state index contributed by atoms with van der Waals surface area (Å²) >= 11 is 0. The van der Waals surface area contributed by atoms with Crippen molar-refractivity contribution < 1.29 is 23.8 Å². The standard InChI is InChI=1S/C21H22FNO4/c1-3-12-27-19-9-6-16(14-20(19)26-2)10-11-23-21(25)18(24)13-15-4-7-17(22)8-5-15/h1,4-9,14,18,24H,10-13H2,2H3,(H,23,25)/t18-/m1/s1. The first-order valence-corrected chi connectivity index (χ1v) is 8.47. The van der Waals surface area contributed by atoms with E-state index in [1.807, 2.05) is 12.1 Å². The zero-order chi connectivity index (χ0) is 19.6. The van der Waals surface area contributed by atoms with Crippen molar-refractivity contribution in [2.24, 2.45) is 0 Å². The zero-order valence-corrected chi connectivity index (χ0v) is 15.1. The molecule has 0 heterocycles. The van der Waals surface area contributed by atoms with Gasteiger partial charge in [0.15, 0.2) is 11.5 Å². The van der Waals surface area contributed by atoms with Gasteiger partial charge in [-0.25, -0.2) is 4.39 Å². The van der Waals surface area contributed by atoms with Crippen molar-refractivity contribution in [3.05, 3.63) is 59.4 Å². The average Bonchev–Trinajstić information content (AvgIpc) is 2.68. The summed E-state index contributed by atoms with van der Waals surface area (Å²) in [5, 5.41) is 12.7. The number of benzene rings is 2. The minimum absolute atomic E-state index is 0.126. The fourth-order valence-electron chi connectivity index (χ4n) is 2.49. The van der Waals surface area contributed by atoms with Gasteiger partial charge in [-0.2, -0.15) is 0 Å². The summed E-state index contributed by atoms with van der Waals surface area (Å²) in [6, 6.07) is 11.1. The molecule has 0 aliphatic heterocycles. The predicted octanol–water partition coefficient (Wildman–Crippen LogP) is 2.11. The summed E-state index contributed by atoms with van der Waals surface area (Å²) in [7, 11) is 1.54. The van der Waals surface area contributed by atoms with Crippen LogP contribution in [0.4, 0.5) is 4.39 Å². The molecule has 1 amide bonds. The van der Waals surface area contributed by atoms with E-state index >= 15 is 0 Å². The molecule has 2 N–H and O–H groups in total. The van der Waals surface area contributed by atoms with Crippen LogP contribution in [0.25, 0.3) is 0 Å². The highest BCUT2D eigenvalue weighted by atomic mass is 19.1. The number of carbonyl (C=O) groups is 1. The van der Waals surface area contributed by atoms with Crippen molar-refractivity contribution in [2.45, 2.75) is 18.9 Å². The van der Waals surface area contributed by atoms with Crippen LogP contribution in [0.2, 0.25) is 0 Å². The van der Waals surface area contributed by atoms with Crippen LogP contribution >= 0.6 is 0 Å². The molecule has 0 aromatic heterocycles. The summed E-state index contributed by atoms with van der Waals surface area (Å²) in [5.41, 5.74) is 1.62. The molecule has 0 saturated carbocycles. The Morgan fingerprint density at radius 1 is 1.22 bits per heavy atom. The van der Waals surface area contributed by atoms with Crippen molar-refractivity contribution >= 4 is 5.91 Å². The third-order valence-electron chi connectivity index (χ3n) is 3.90. The topological polar surface area (TPSA) is 67.8 Å². The second kappa shape index (κ2) is 10.2. The number of ether oxygens (including phenoxy) is 2. The van der Waals surface area contributed by atoms with E-state index < -0.39 is 12.0 Å². The van der Waals surface area contributed by atoms with Gasteiger partial charge in [-0.05, 0) is 41.8 Å². The smallest absolute Gasteiger partial charge is 0.249 e. The largest absolute Gasteiger partial charge is 0.493 e. The molecule has 27 heavy (non-hydrogen) atoms. The third kappa shape index (κ3) is 6.32. The molecular formula is C21H22FNO4. The summed E-state index contributed by atoms with van der Waals surface area (Å²) < 4.78 is 23.5. The first kappa shape index (κ1) is 20.3. The Labute approximate surface area is 158 Å². The molecule has 1 atom stereocenters. The van der Waals surface area contributed by atoms with Crippen molar-refractivity contribution in [3.8, 4) is 23.8 Å². The molecule has 0 spiro atoms. The van der Waals surface area contributed by atoms with E-state index in [2.05, 4.69) is 11.2 Å². The number of carbonyl (C=O) groups excluding carboxylic acids is 1. The van der Waals surface area contributed by atoms with E-state index in [1.165, 1.54) is 19.2 Å². The Hall–Kier alpha value is -3.04. The number of terminal acetylenes is 1. The van der Waals surface area contributed by atoms with Crippen molar-refractivity contribution in [1.82, 2.24) is 5.32 Å². The maximum absolute atomic E-state index is 12.9. The summed E-state index contributed by atoms with van der Waals surface area (Å²) in [4.78, 5) is 12.0. The molecule has 6 heteroatoms. The molecule has 0 aliphatic carbocycles. The second-order valence-corrected chi connectivity index (χ2v) is 5.87. The highest BCUT2D eigenvalue weighted by Crippen LogP contribution is 2.28. The van der Waals surface area contributed by atoms with Gasteiger partial charge in [0.2, 0.25) is 5.91 Å². The number of hydrogen-bond donors (Lipinski definition) is 2. The van der Waals surface area contributed by atoms with E-state index in [0.29, 0.717) is 30.0 Å². The van der Waals surface area contributed by atoms with Gasteiger partial charge in [0.05, 0.1) is 7.11 Å². The predicted molar refractivity (Wildman–Crippen MR) is 100 cm³/mol. The lowest BCUT2D eigenvalue weighted by molar-refractivity contribution is -0.129. The van der Waals surface area contributed by atoms with Crippen LogP contribution in [0, 0.1) is 18.2 Å². The lowest BCUT2D eigenvalue weighted by atomic mass is 10.1. The number of halogens is 1. The van der Waals surface area contributed by atoms with Gasteiger partial charge in [0, 0.05) is 13.0 Å². The fraction of sp³-hybridized carbons (Fsp3) is 0.286. The molecule has 0 fully saturated rings. The molecule has 0 saturated heterocycles. The van der Waals surface area contributed by atoms with Crippen molar-refractivity contribution in [2.75, 3.05) is 20.3 Å². The first-order valence-electron chi connectivity index (χ1n) is 8.47. The Kier molecular flexibility index (Phi) is 7.65. The van der Waals surface area contributed by atoms with Gasteiger partial charge in [0.25, 0.3) is 0 Å².